The van der Waals surface area contributed by atoms with Gasteiger partial charge in [-0.25, -0.2) is 9.59 Å². The van der Waals surface area contributed by atoms with Crippen LogP contribution in [0.25, 0.3) is 0 Å². The highest BCUT2D eigenvalue weighted by atomic mass is 16.6. The summed E-state index contributed by atoms with van der Waals surface area (Å²) in [5.74, 6) is 0.194. The lowest BCUT2D eigenvalue weighted by Crippen LogP contribution is -2.31. The Morgan fingerprint density at radius 1 is 1.24 bits per heavy atom. The lowest BCUT2D eigenvalue weighted by Gasteiger charge is -2.20. The van der Waals surface area contributed by atoms with Crippen molar-refractivity contribution in [3.8, 4) is 5.75 Å². The second-order valence-corrected chi connectivity index (χ2v) is 6.47. The Hall–Kier alpha value is -2.50. The number of allylic oxidation sites excluding steroid dienone is 1. The number of benzene rings is 1. The number of esters is 1. The maximum absolute atomic E-state index is 11.7. The van der Waals surface area contributed by atoms with Gasteiger partial charge in [0.2, 0.25) is 0 Å². The van der Waals surface area contributed by atoms with Gasteiger partial charge in [-0.2, -0.15) is 0 Å². The Morgan fingerprint density at radius 2 is 1.96 bits per heavy atom. The van der Waals surface area contributed by atoms with Crippen LogP contribution in [0.15, 0.2) is 36.5 Å². The third-order valence-electron chi connectivity index (χ3n) is 2.95. The van der Waals surface area contributed by atoms with Crippen LogP contribution in [-0.4, -0.2) is 30.9 Å². The first kappa shape index (κ1) is 20.5. The summed E-state index contributed by atoms with van der Waals surface area (Å²) >= 11 is 0. The number of hydrogen-bond acceptors (Lipinski definition) is 5. The summed E-state index contributed by atoms with van der Waals surface area (Å²) in [6.45, 7) is 11.2. The van der Waals surface area contributed by atoms with Gasteiger partial charge in [-0.3, -0.25) is 5.32 Å². The van der Waals surface area contributed by atoms with E-state index in [2.05, 4.69) is 11.9 Å². The standard InChI is InChI=1S/C19H27NO5/c1-6-23-17(21)13-24-16-9-7-8-15(12-16)11-10-14(2)20-18(22)25-19(3,4)5/h7-9,12H,2,6,10-11,13H2,1,3-5H3,(H,20,22). The number of amides is 1. The zero-order valence-corrected chi connectivity index (χ0v) is 15.4. The number of rotatable bonds is 8. The summed E-state index contributed by atoms with van der Waals surface area (Å²) in [5, 5.41) is 2.63. The predicted molar refractivity (Wildman–Crippen MR) is 95.4 cm³/mol. The zero-order chi connectivity index (χ0) is 18.9. The van der Waals surface area contributed by atoms with Gasteiger partial charge in [0.05, 0.1) is 6.61 Å². The van der Waals surface area contributed by atoms with Crippen LogP contribution in [0.4, 0.5) is 4.79 Å². The Balaban J connectivity index is 2.44. The third-order valence-corrected chi connectivity index (χ3v) is 2.95. The molecule has 0 saturated carbocycles. The molecular weight excluding hydrogens is 322 g/mol. The number of hydrogen-bond donors (Lipinski definition) is 1. The number of ether oxygens (including phenoxy) is 3. The first-order valence-corrected chi connectivity index (χ1v) is 8.24. The van der Waals surface area contributed by atoms with Crippen molar-refractivity contribution in [3.05, 3.63) is 42.1 Å². The molecule has 25 heavy (non-hydrogen) atoms. The Morgan fingerprint density at radius 3 is 2.60 bits per heavy atom. The van der Waals surface area contributed by atoms with E-state index in [1.54, 1.807) is 33.8 Å². The molecule has 6 nitrogen and oxygen atoms in total. The molecule has 1 amide bonds. The van der Waals surface area contributed by atoms with E-state index in [1.807, 2.05) is 18.2 Å². The number of carbonyl (C=O) groups is 2. The number of aryl methyl sites for hydroxylation is 1. The second kappa shape index (κ2) is 9.71. The fraction of sp³-hybridized carbons (Fsp3) is 0.474. The molecule has 0 unspecified atom stereocenters. The monoisotopic (exact) mass is 349 g/mol. The molecule has 0 heterocycles. The zero-order valence-electron chi connectivity index (χ0n) is 15.4. The van der Waals surface area contributed by atoms with E-state index < -0.39 is 17.7 Å². The first-order chi connectivity index (χ1) is 11.7. The highest BCUT2D eigenvalue weighted by Gasteiger charge is 2.16. The Labute approximate surface area is 149 Å². The fourth-order valence-electron chi connectivity index (χ4n) is 1.94. The molecule has 0 bridgehead atoms. The average Bonchev–Trinajstić information content (AvgIpc) is 2.50. The highest BCUT2D eigenvalue weighted by molar-refractivity contribution is 5.71. The number of alkyl carbamates (subject to hydrolysis) is 1. The van der Waals surface area contributed by atoms with Crippen LogP contribution in [-0.2, 0) is 20.7 Å². The van der Waals surface area contributed by atoms with Crippen molar-refractivity contribution in [1.82, 2.24) is 5.32 Å². The van der Waals surface area contributed by atoms with Crippen molar-refractivity contribution in [2.24, 2.45) is 0 Å². The molecule has 0 radical (unpaired) electrons. The van der Waals surface area contributed by atoms with Crippen LogP contribution in [0.2, 0.25) is 0 Å². The summed E-state index contributed by atoms with van der Waals surface area (Å²) in [4.78, 5) is 23.0. The maximum Gasteiger partial charge on any atom is 0.411 e. The van der Waals surface area contributed by atoms with E-state index in [-0.39, 0.29) is 6.61 Å². The van der Waals surface area contributed by atoms with Gasteiger partial charge >= 0.3 is 12.1 Å². The summed E-state index contributed by atoms with van der Waals surface area (Å²) < 4.78 is 15.4. The lowest BCUT2D eigenvalue weighted by atomic mass is 10.1. The minimum atomic E-state index is -0.547. The Kier molecular flexibility index (Phi) is 7.98. The van der Waals surface area contributed by atoms with Crippen molar-refractivity contribution < 1.29 is 23.8 Å². The van der Waals surface area contributed by atoms with Gasteiger partial charge in [0.1, 0.15) is 11.4 Å². The van der Waals surface area contributed by atoms with E-state index in [1.165, 1.54) is 0 Å². The summed E-state index contributed by atoms with van der Waals surface area (Å²) in [7, 11) is 0. The Bertz CT molecular complexity index is 604. The molecule has 0 aromatic heterocycles. The van der Waals surface area contributed by atoms with Crippen LogP contribution >= 0.6 is 0 Å². The predicted octanol–water partition coefficient (Wildman–Crippen LogP) is 3.60. The minimum absolute atomic E-state index is 0.121. The molecule has 0 aliphatic rings. The number of nitrogens with one attached hydrogen (secondary N) is 1. The summed E-state index contributed by atoms with van der Waals surface area (Å²) in [6.07, 6.45) is 0.732. The molecule has 6 heteroatoms. The van der Waals surface area contributed by atoms with Crippen LogP contribution in [0, 0.1) is 0 Å². The largest absolute Gasteiger partial charge is 0.482 e. The molecule has 0 aliphatic heterocycles. The van der Waals surface area contributed by atoms with Gasteiger partial charge in [0.25, 0.3) is 0 Å². The van der Waals surface area contributed by atoms with Crippen LogP contribution < -0.4 is 10.1 Å². The van der Waals surface area contributed by atoms with E-state index in [9.17, 15) is 9.59 Å². The molecule has 0 atom stereocenters. The summed E-state index contributed by atoms with van der Waals surface area (Å²) in [5.41, 5.74) is 1.04. The topological polar surface area (TPSA) is 73.9 Å². The third kappa shape index (κ3) is 9.39. The normalized spacial score (nSPS) is 10.7. The van der Waals surface area contributed by atoms with Gasteiger partial charge in [0, 0.05) is 5.70 Å². The quantitative estimate of drug-likeness (QED) is 0.726. The van der Waals surface area contributed by atoms with Gasteiger partial charge in [0.15, 0.2) is 6.61 Å². The molecule has 1 aromatic carbocycles. The van der Waals surface area contributed by atoms with Crippen molar-refractivity contribution in [2.75, 3.05) is 13.2 Å². The van der Waals surface area contributed by atoms with E-state index >= 15 is 0 Å². The second-order valence-electron chi connectivity index (χ2n) is 6.47. The van der Waals surface area contributed by atoms with Gasteiger partial charge < -0.3 is 14.2 Å². The SMILES string of the molecule is C=C(CCc1cccc(OCC(=O)OCC)c1)NC(=O)OC(C)(C)C. The summed E-state index contributed by atoms with van der Waals surface area (Å²) in [6, 6.07) is 7.41. The molecule has 1 aromatic rings. The molecule has 0 aliphatic carbocycles. The van der Waals surface area contributed by atoms with Gasteiger partial charge in [-0.15, -0.1) is 0 Å². The molecule has 0 fully saturated rings. The van der Waals surface area contributed by atoms with Crippen LogP contribution in [0.3, 0.4) is 0 Å². The smallest absolute Gasteiger partial charge is 0.411 e. The average molecular weight is 349 g/mol. The number of carbonyl (C=O) groups excluding carboxylic acids is 2. The maximum atomic E-state index is 11.7. The van der Waals surface area contributed by atoms with Crippen molar-refractivity contribution in [1.29, 1.82) is 0 Å². The molecule has 1 N–H and O–H groups in total. The van der Waals surface area contributed by atoms with Gasteiger partial charge in [-0.05, 0) is 58.2 Å². The van der Waals surface area contributed by atoms with E-state index in [4.69, 9.17) is 14.2 Å². The fourth-order valence-corrected chi connectivity index (χ4v) is 1.94. The van der Waals surface area contributed by atoms with Gasteiger partial charge in [-0.1, -0.05) is 18.7 Å². The van der Waals surface area contributed by atoms with Crippen LogP contribution in [0.1, 0.15) is 39.7 Å². The van der Waals surface area contributed by atoms with Crippen molar-refractivity contribution >= 4 is 12.1 Å². The highest BCUT2D eigenvalue weighted by Crippen LogP contribution is 2.16. The van der Waals surface area contributed by atoms with E-state index in [0.717, 1.165) is 5.56 Å². The molecule has 0 saturated heterocycles. The minimum Gasteiger partial charge on any atom is -0.482 e. The molecule has 1 rings (SSSR count). The molecule has 138 valence electrons. The first-order valence-electron chi connectivity index (χ1n) is 8.24. The lowest BCUT2D eigenvalue weighted by molar-refractivity contribution is -0.145. The molecule has 0 spiro atoms. The van der Waals surface area contributed by atoms with Crippen molar-refractivity contribution in [3.63, 3.8) is 0 Å². The molecular formula is C19H27NO5. The van der Waals surface area contributed by atoms with Crippen molar-refractivity contribution in [2.45, 2.75) is 46.1 Å². The van der Waals surface area contributed by atoms with E-state index in [0.29, 0.717) is 30.9 Å². The van der Waals surface area contributed by atoms with Crippen LogP contribution in [0.5, 0.6) is 5.75 Å².